The Hall–Kier alpha value is -3.73. The second kappa shape index (κ2) is 7.02. The van der Waals surface area contributed by atoms with Gasteiger partial charge in [-0.05, 0) is 41.1 Å². The molecular formula is C24H20N2O3. The molecule has 29 heavy (non-hydrogen) atoms. The van der Waals surface area contributed by atoms with Crippen LogP contribution < -0.4 is 10.1 Å². The molecule has 1 aliphatic heterocycles. The average molecular weight is 384 g/mol. The van der Waals surface area contributed by atoms with Gasteiger partial charge in [-0.25, -0.2) is 0 Å². The van der Waals surface area contributed by atoms with Gasteiger partial charge in [-0.15, -0.1) is 0 Å². The Morgan fingerprint density at radius 1 is 1.00 bits per heavy atom. The van der Waals surface area contributed by atoms with Crippen molar-refractivity contribution in [1.82, 2.24) is 4.90 Å². The van der Waals surface area contributed by atoms with Gasteiger partial charge in [-0.1, -0.05) is 42.5 Å². The molecule has 1 N–H and O–H groups in total. The molecule has 3 aromatic carbocycles. The van der Waals surface area contributed by atoms with Crippen molar-refractivity contribution in [2.75, 3.05) is 12.4 Å². The number of anilines is 1. The highest BCUT2D eigenvalue weighted by Crippen LogP contribution is 2.41. The Balaban J connectivity index is 1.71. The molecule has 1 atom stereocenters. The van der Waals surface area contributed by atoms with Crippen LogP contribution in [0.5, 0.6) is 5.75 Å². The van der Waals surface area contributed by atoms with Crippen molar-refractivity contribution < 1.29 is 13.9 Å². The number of hydrogen-bond donors (Lipinski definition) is 1. The van der Waals surface area contributed by atoms with Crippen LogP contribution in [0.2, 0.25) is 0 Å². The second-order valence-corrected chi connectivity index (χ2v) is 7.01. The van der Waals surface area contributed by atoms with E-state index in [2.05, 4.69) is 17.4 Å². The van der Waals surface area contributed by atoms with E-state index in [1.807, 2.05) is 60.7 Å². The molecule has 2 heterocycles. The summed E-state index contributed by atoms with van der Waals surface area (Å²) in [6.45, 7) is 0.351. The van der Waals surface area contributed by atoms with Crippen LogP contribution in [0.4, 0.5) is 5.69 Å². The van der Waals surface area contributed by atoms with E-state index in [9.17, 15) is 4.79 Å². The summed E-state index contributed by atoms with van der Waals surface area (Å²) in [4.78, 5) is 15.3. The third-order valence-corrected chi connectivity index (χ3v) is 5.35. The van der Waals surface area contributed by atoms with E-state index in [0.717, 1.165) is 33.5 Å². The highest BCUT2D eigenvalue weighted by molar-refractivity contribution is 6.02. The highest BCUT2D eigenvalue weighted by Gasteiger charge is 2.35. The maximum atomic E-state index is 13.5. The van der Waals surface area contributed by atoms with Crippen LogP contribution in [-0.2, 0) is 6.54 Å². The van der Waals surface area contributed by atoms with Crippen molar-refractivity contribution in [2.45, 2.75) is 12.7 Å². The van der Waals surface area contributed by atoms with E-state index in [-0.39, 0.29) is 5.91 Å². The van der Waals surface area contributed by atoms with Crippen LogP contribution in [0.3, 0.4) is 0 Å². The fourth-order valence-electron chi connectivity index (χ4n) is 3.99. The third-order valence-electron chi connectivity index (χ3n) is 5.35. The minimum atomic E-state index is -0.399. The van der Waals surface area contributed by atoms with E-state index in [1.54, 1.807) is 18.3 Å². The van der Waals surface area contributed by atoms with Crippen molar-refractivity contribution in [3.63, 3.8) is 0 Å². The summed E-state index contributed by atoms with van der Waals surface area (Å²) in [7, 11) is 1.66. The van der Waals surface area contributed by atoms with Gasteiger partial charge in [0.2, 0.25) is 0 Å². The largest absolute Gasteiger partial charge is 0.496 e. The first-order chi connectivity index (χ1) is 14.3. The minimum absolute atomic E-state index is 0.0456. The van der Waals surface area contributed by atoms with E-state index < -0.39 is 6.17 Å². The first kappa shape index (κ1) is 17.4. The van der Waals surface area contributed by atoms with E-state index in [0.29, 0.717) is 12.1 Å². The maximum absolute atomic E-state index is 13.5. The van der Waals surface area contributed by atoms with Gasteiger partial charge < -0.3 is 19.4 Å². The van der Waals surface area contributed by atoms with Gasteiger partial charge in [0.15, 0.2) is 0 Å². The Morgan fingerprint density at radius 3 is 2.66 bits per heavy atom. The summed E-state index contributed by atoms with van der Waals surface area (Å²) < 4.78 is 11.3. The van der Waals surface area contributed by atoms with Gasteiger partial charge in [0.1, 0.15) is 17.7 Å². The number of furan rings is 1. The molecule has 1 aliphatic rings. The number of nitrogens with zero attached hydrogens (tertiary/aromatic N) is 1. The maximum Gasteiger partial charge on any atom is 0.258 e. The number of benzene rings is 3. The topological polar surface area (TPSA) is 54.7 Å². The summed E-state index contributed by atoms with van der Waals surface area (Å²) in [6, 6.07) is 23.4. The average Bonchev–Trinajstić information content (AvgIpc) is 3.28. The molecular weight excluding hydrogens is 364 g/mol. The van der Waals surface area contributed by atoms with Crippen molar-refractivity contribution in [2.24, 2.45) is 0 Å². The Kier molecular flexibility index (Phi) is 4.21. The van der Waals surface area contributed by atoms with Gasteiger partial charge in [0.25, 0.3) is 5.91 Å². The number of rotatable bonds is 4. The first-order valence-corrected chi connectivity index (χ1v) is 9.51. The molecule has 0 spiro atoms. The Morgan fingerprint density at radius 2 is 1.83 bits per heavy atom. The predicted molar refractivity (Wildman–Crippen MR) is 112 cm³/mol. The van der Waals surface area contributed by atoms with E-state index in [1.165, 1.54) is 0 Å². The quantitative estimate of drug-likeness (QED) is 0.525. The SMILES string of the molecule is COc1ccc2ccccc2c1[C@@H]1Nc2ccccc2C(=O)N1Cc1ccco1. The number of amides is 1. The fraction of sp³-hybridized carbons (Fsp3) is 0.125. The molecule has 0 fully saturated rings. The molecule has 144 valence electrons. The number of ether oxygens (including phenoxy) is 1. The number of nitrogens with one attached hydrogen (secondary N) is 1. The van der Waals surface area contributed by atoms with Crippen molar-refractivity contribution >= 4 is 22.4 Å². The monoisotopic (exact) mass is 384 g/mol. The minimum Gasteiger partial charge on any atom is -0.496 e. The van der Waals surface area contributed by atoms with Gasteiger partial charge in [0.05, 0.1) is 25.5 Å². The lowest BCUT2D eigenvalue weighted by Crippen LogP contribution is -2.42. The lowest BCUT2D eigenvalue weighted by Gasteiger charge is -2.38. The van der Waals surface area contributed by atoms with Crippen molar-refractivity contribution in [3.05, 3.63) is 95.9 Å². The molecule has 5 rings (SSSR count). The predicted octanol–water partition coefficient (Wildman–Crippen LogP) is 5.21. The molecule has 0 aliphatic carbocycles. The first-order valence-electron chi connectivity index (χ1n) is 9.51. The smallest absolute Gasteiger partial charge is 0.258 e. The van der Waals surface area contributed by atoms with Crippen molar-refractivity contribution in [1.29, 1.82) is 0 Å². The molecule has 5 nitrogen and oxygen atoms in total. The van der Waals surface area contributed by atoms with Gasteiger partial charge in [-0.3, -0.25) is 4.79 Å². The molecule has 0 bridgehead atoms. The van der Waals surface area contributed by atoms with Gasteiger partial charge >= 0.3 is 0 Å². The summed E-state index contributed by atoms with van der Waals surface area (Å²) in [5.74, 6) is 1.41. The van der Waals surface area contributed by atoms with Crippen LogP contribution in [0, 0.1) is 0 Å². The number of hydrogen-bond acceptors (Lipinski definition) is 4. The summed E-state index contributed by atoms with van der Waals surface area (Å²) in [5, 5.41) is 5.69. The zero-order valence-electron chi connectivity index (χ0n) is 16.0. The number of methoxy groups -OCH3 is 1. The molecule has 0 saturated carbocycles. The van der Waals surface area contributed by atoms with Crippen molar-refractivity contribution in [3.8, 4) is 5.75 Å². The third kappa shape index (κ3) is 2.91. The molecule has 1 aromatic heterocycles. The zero-order chi connectivity index (χ0) is 19.8. The molecule has 5 heteroatoms. The number of carbonyl (C=O) groups is 1. The molecule has 0 unspecified atom stereocenters. The normalized spacial score (nSPS) is 15.8. The highest BCUT2D eigenvalue weighted by atomic mass is 16.5. The number of fused-ring (bicyclic) bond motifs is 2. The lowest BCUT2D eigenvalue weighted by molar-refractivity contribution is 0.0650. The van der Waals surface area contributed by atoms with Crippen LogP contribution in [0.1, 0.15) is 27.8 Å². The van der Waals surface area contributed by atoms with Crippen LogP contribution in [0.25, 0.3) is 10.8 Å². The molecule has 0 radical (unpaired) electrons. The molecule has 1 amide bonds. The fourth-order valence-corrected chi connectivity index (χ4v) is 3.99. The second-order valence-electron chi connectivity index (χ2n) is 7.01. The van der Waals surface area contributed by atoms with Crippen LogP contribution in [0.15, 0.2) is 83.5 Å². The van der Waals surface area contributed by atoms with E-state index in [4.69, 9.17) is 9.15 Å². The number of para-hydroxylation sites is 1. The van der Waals surface area contributed by atoms with E-state index >= 15 is 0 Å². The Bertz CT molecular complexity index is 1180. The summed E-state index contributed by atoms with van der Waals surface area (Å²) >= 11 is 0. The standard InChI is InChI=1S/C24H20N2O3/c1-28-21-13-12-16-7-2-3-9-18(16)22(21)23-25-20-11-5-4-10-19(20)24(27)26(23)15-17-8-6-14-29-17/h2-14,23,25H,15H2,1H3/t23-/m1/s1. The van der Waals surface area contributed by atoms with Gasteiger partial charge in [0, 0.05) is 11.3 Å². The van der Waals surface area contributed by atoms with Crippen LogP contribution >= 0.6 is 0 Å². The van der Waals surface area contributed by atoms with Gasteiger partial charge in [-0.2, -0.15) is 0 Å². The lowest BCUT2D eigenvalue weighted by atomic mass is 9.97. The zero-order valence-corrected chi connectivity index (χ0v) is 16.0. The molecule has 4 aromatic rings. The summed E-state index contributed by atoms with van der Waals surface area (Å²) in [5.41, 5.74) is 2.39. The number of carbonyl (C=O) groups excluding carboxylic acids is 1. The molecule has 0 saturated heterocycles. The Labute approximate surface area is 168 Å². The summed E-state index contributed by atoms with van der Waals surface area (Å²) in [6.07, 6.45) is 1.22. The van der Waals surface area contributed by atoms with Crippen LogP contribution in [-0.4, -0.2) is 17.9 Å².